The molecule has 0 bridgehead atoms. The van der Waals surface area contributed by atoms with Gasteiger partial charge in [0, 0.05) is 14.2 Å². The second-order valence-electron chi connectivity index (χ2n) is 10.1. The van der Waals surface area contributed by atoms with Crippen molar-refractivity contribution in [2.45, 2.75) is 90.9 Å². The fourth-order valence-electron chi connectivity index (χ4n) is 2.85. The number of ether oxygens (including phenoxy) is 6. The minimum Gasteiger partial charge on any atom is -0.462 e. The summed E-state index contributed by atoms with van der Waals surface area (Å²) in [4.78, 5) is 23.8. The van der Waals surface area contributed by atoms with E-state index in [0.29, 0.717) is 0 Å². The van der Waals surface area contributed by atoms with Gasteiger partial charge in [0.05, 0.1) is 17.4 Å². The summed E-state index contributed by atoms with van der Waals surface area (Å²) in [5, 5.41) is 17.6. The molecule has 0 aromatic heterocycles. The summed E-state index contributed by atoms with van der Waals surface area (Å²) in [7, 11) is 2.58. The van der Waals surface area contributed by atoms with Crippen molar-refractivity contribution in [2.24, 2.45) is 10.8 Å². The van der Waals surface area contributed by atoms with E-state index in [1.165, 1.54) is 14.2 Å². The fourth-order valence-corrected chi connectivity index (χ4v) is 2.85. The molecule has 10 nitrogen and oxygen atoms in total. The lowest BCUT2D eigenvalue weighted by atomic mass is 9.97. The van der Waals surface area contributed by atoms with Gasteiger partial charge in [0.1, 0.15) is 24.9 Å². The monoisotopic (exact) mass is 500 g/mol. The fraction of sp³-hybridized carbons (Fsp3) is 0.909. The molecule has 0 radical (unpaired) electrons. The van der Waals surface area contributed by atoms with Crippen LogP contribution in [-0.2, 0) is 38.0 Å². The van der Waals surface area contributed by atoms with Gasteiger partial charge in [-0.1, -0.05) is 0 Å². The summed E-state index contributed by atoms with van der Waals surface area (Å²) in [6.07, 6.45) is -9.68. The molecule has 200 valence electrons. The molecular weight excluding hydrogens is 462 g/mol. The van der Waals surface area contributed by atoms with Crippen molar-refractivity contribution < 1.29 is 57.0 Å². The van der Waals surface area contributed by atoms with Crippen LogP contribution >= 0.6 is 0 Å². The highest BCUT2D eigenvalue weighted by molar-refractivity contribution is 5.76. The molecule has 2 unspecified atom stereocenters. The van der Waals surface area contributed by atoms with Crippen LogP contribution in [0.5, 0.6) is 0 Å². The van der Waals surface area contributed by atoms with E-state index in [-0.39, 0.29) is 6.61 Å². The van der Waals surface area contributed by atoms with E-state index >= 15 is 0 Å². The minimum atomic E-state index is -1.65. The Labute approximate surface area is 198 Å². The Hall–Kier alpha value is -1.44. The lowest BCUT2D eigenvalue weighted by Crippen LogP contribution is -2.40. The normalized spacial score (nSPS) is 33.8. The lowest BCUT2D eigenvalue weighted by Gasteiger charge is -2.25. The summed E-state index contributed by atoms with van der Waals surface area (Å²) in [6, 6.07) is 0. The topological polar surface area (TPSA) is 130 Å². The SMILES string of the molecule is COC1O[C@H](CO)[C@@H](O)[C@@H]1F.COC1O[C@H](COC(=O)C(C)(C)C)[C@@H](OC(=O)C(C)(C)C)[C@@H]1F. The standard InChI is InChI=1S/C16H27FO6.C6H11FO4/c1-15(2,3)13(18)21-8-9-11(10(17)12(20-7)22-9)23-14(19)16(4,5)6;1-10-6-4(7)5(9)3(2-8)11-6/h9-12H,8H2,1-7H3;3-6,8-9H,2H2,1H3/t9-,10+,11-,12?;3-,4+,5-,6?/m11/s1. The average molecular weight is 501 g/mol. The smallest absolute Gasteiger partial charge is 0.311 e. The van der Waals surface area contributed by atoms with E-state index < -0.39 is 78.7 Å². The molecule has 0 spiro atoms. The number of esters is 2. The first-order valence-electron chi connectivity index (χ1n) is 10.9. The van der Waals surface area contributed by atoms with Crippen LogP contribution in [0.15, 0.2) is 0 Å². The van der Waals surface area contributed by atoms with Crippen LogP contribution in [0.25, 0.3) is 0 Å². The lowest BCUT2D eigenvalue weighted by molar-refractivity contribution is -0.172. The van der Waals surface area contributed by atoms with Crippen molar-refractivity contribution in [3.05, 3.63) is 0 Å². The Morgan fingerprint density at radius 3 is 1.71 bits per heavy atom. The molecular formula is C22H38F2O10. The van der Waals surface area contributed by atoms with Gasteiger partial charge in [0.15, 0.2) is 31.0 Å². The number of methoxy groups -OCH3 is 2. The van der Waals surface area contributed by atoms with E-state index in [9.17, 15) is 18.4 Å². The molecule has 34 heavy (non-hydrogen) atoms. The molecule has 2 fully saturated rings. The maximum atomic E-state index is 14.3. The van der Waals surface area contributed by atoms with Gasteiger partial charge < -0.3 is 38.6 Å². The largest absolute Gasteiger partial charge is 0.462 e. The van der Waals surface area contributed by atoms with Gasteiger partial charge >= 0.3 is 11.9 Å². The maximum Gasteiger partial charge on any atom is 0.311 e. The van der Waals surface area contributed by atoms with Crippen LogP contribution in [0.4, 0.5) is 8.78 Å². The van der Waals surface area contributed by atoms with Crippen LogP contribution in [-0.4, -0.2) is 98.9 Å². The highest BCUT2D eigenvalue weighted by atomic mass is 19.1. The van der Waals surface area contributed by atoms with E-state index in [0.717, 1.165) is 0 Å². The van der Waals surface area contributed by atoms with Crippen molar-refractivity contribution >= 4 is 11.9 Å². The summed E-state index contributed by atoms with van der Waals surface area (Å²) in [5.74, 6) is -1.00. The summed E-state index contributed by atoms with van der Waals surface area (Å²) in [5.41, 5.74) is -1.47. The Balaban J connectivity index is 0.000000437. The van der Waals surface area contributed by atoms with Gasteiger partial charge in [-0.05, 0) is 41.5 Å². The van der Waals surface area contributed by atoms with Crippen LogP contribution in [0, 0.1) is 10.8 Å². The second kappa shape index (κ2) is 12.5. The number of rotatable bonds is 6. The number of aliphatic hydroxyl groups is 2. The first-order valence-corrected chi connectivity index (χ1v) is 10.9. The van der Waals surface area contributed by atoms with E-state index in [4.69, 9.17) is 33.9 Å². The number of alkyl halides is 2. The molecule has 0 aliphatic carbocycles. The van der Waals surface area contributed by atoms with Crippen molar-refractivity contribution in [1.82, 2.24) is 0 Å². The second-order valence-corrected chi connectivity index (χ2v) is 10.1. The zero-order chi connectivity index (χ0) is 26.4. The van der Waals surface area contributed by atoms with Crippen LogP contribution in [0.2, 0.25) is 0 Å². The van der Waals surface area contributed by atoms with E-state index in [1.807, 2.05) is 0 Å². The zero-order valence-electron chi connectivity index (χ0n) is 20.9. The summed E-state index contributed by atoms with van der Waals surface area (Å²) >= 11 is 0. The zero-order valence-corrected chi connectivity index (χ0v) is 20.9. The van der Waals surface area contributed by atoms with Crippen LogP contribution in [0.1, 0.15) is 41.5 Å². The molecule has 2 saturated heterocycles. The average Bonchev–Trinajstić information content (AvgIpc) is 3.20. The third-order valence-electron chi connectivity index (χ3n) is 5.02. The highest BCUT2D eigenvalue weighted by Gasteiger charge is 2.49. The van der Waals surface area contributed by atoms with Gasteiger partial charge in [-0.25, -0.2) is 8.78 Å². The molecule has 2 heterocycles. The third kappa shape index (κ3) is 8.06. The Morgan fingerprint density at radius 2 is 1.32 bits per heavy atom. The van der Waals surface area contributed by atoms with Crippen LogP contribution < -0.4 is 0 Å². The molecule has 0 aromatic rings. The molecule has 0 amide bonds. The Bertz CT molecular complexity index is 645. The molecule has 2 rings (SSSR count). The van der Waals surface area contributed by atoms with Crippen molar-refractivity contribution in [3.8, 4) is 0 Å². The maximum absolute atomic E-state index is 14.3. The predicted octanol–water partition coefficient (Wildman–Crippen LogP) is 1.29. The third-order valence-corrected chi connectivity index (χ3v) is 5.02. The first kappa shape index (κ1) is 30.6. The van der Waals surface area contributed by atoms with Gasteiger partial charge in [-0.3, -0.25) is 9.59 Å². The van der Waals surface area contributed by atoms with Gasteiger partial charge in [-0.2, -0.15) is 0 Å². The summed E-state index contributed by atoms with van der Waals surface area (Å²) < 4.78 is 57.1. The van der Waals surface area contributed by atoms with Gasteiger partial charge in [0.25, 0.3) is 0 Å². The highest BCUT2D eigenvalue weighted by Crippen LogP contribution is 2.30. The first-order chi connectivity index (χ1) is 15.6. The Morgan fingerprint density at radius 1 is 0.853 bits per heavy atom. The summed E-state index contributed by atoms with van der Waals surface area (Å²) in [6.45, 7) is 9.51. The van der Waals surface area contributed by atoms with Crippen LogP contribution in [0.3, 0.4) is 0 Å². The number of hydrogen-bond donors (Lipinski definition) is 2. The number of carbonyl (C=O) groups is 2. The molecule has 2 aliphatic heterocycles. The van der Waals surface area contributed by atoms with Gasteiger partial charge in [-0.15, -0.1) is 0 Å². The van der Waals surface area contributed by atoms with Gasteiger partial charge in [0.2, 0.25) is 0 Å². The molecule has 0 saturated carbocycles. The quantitative estimate of drug-likeness (QED) is 0.515. The number of halogens is 2. The van der Waals surface area contributed by atoms with Crippen molar-refractivity contribution in [2.75, 3.05) is 27.4 Å². The molecule has 12 heteroatoms. The van der Waals surface area contributed by atoms with Crippen molar-refractivity contribution in [3.63, 3.8) is 0 Å². The van der Waals surface area contributed by atoms with E-state index in [2.05, 4.69) is 4.74 Å². The Kier molecular flexibility index (Phi) is 11.2. The molecule has 8 atom stereocenters. The minimum absolute atomic E-state index is 0.210. The molecule has 2 N–H and O–H groups in total. The number of carbonyl (C=O) groups excluding carboxylic acids is 2. The van der Waals surface area contributed by atoms with Crippen molar-refractivity contribution in [1.29, 1.82) is 0 Å². The predicted molar refractivity (Wildman–Crippen MR) is 114 cm³/mol. The number of hydrogen-bond acceptors (Lipinski definition) is 10. The molecule has 2 aliphatic rings. The van der Waals surface area contributed by atoms with E-state index in [1.54, 1.807) is 41.5 Å². The molecule has 0 aromatic carbocycles. The number of aliphatic hydroxyl groups excluding tert-OH is 2.